The first-order valence-corrected chi connectivity index (χ1v) is 6.95. The van der Waals surface area contributed by atoms with E-state index in [0.29, 0.717) is 22.3 Å². The highest BCUT2D eigenvalue weighted by Gasteiger charge is 2.18. The van der Waals surface area contributed by atoms with E-state index in [1.54, 1.807) is 27.4 Å². The fourth-order valence-corrected chi connectivity index (χ4v) is 2.71. The van der Waals surface area contributed by atoms with Gasteiger partial charge in [0.2, 0.25) is 0 Å². The maximum atomic E-state index is 6.24. The molecule has 108 valence electrons. The SMILES string of the molecule is COCOc1c(Br)ccc2c(OC)cc(Cl)c(OC)c12. The highest BCUT2D eigenvalue weighted by atomic mass is 79.9. The van der Waals surface area contributed by atoms with Gasteiger partial charge in [-0.2, -0.15) is 0 Å². The van der Waals surface area contributed by atoms with Crippen LogP contribution in [0.5, 0.6) is 17.2 Å². The molecule has 0 aliphatic heterocycles. The second-order valence-corrected chi connectivity index (χ2v) is 5.21. The van der Waals surface area contributed by atoms with Gasteiger partial charge in [0.15, 0.2) is 6.79 Å². The average molecular weight is 362 g/mol. The molecule has 0 aromatic heterocycles. The molecule has 2 rings (SSSR count). The molecule has 0 amide bonds. The number of benzene rings is 2. The van der Waals surface area contributed by atoms with Crippen molar-refractivity contribution in [1.82, 2.24) is 0 Å². The summed E-state index contributed by atoms with van der Waals surface area (Å²) in [7, 11) is 4.72. The molecular formula is C14H14BrClO4. The Kier molecular flexibility index (Phi) is 4.96. The normalized spacial score (nSPS) is 10.7. The molecule has 0 spiro atoms. The molecule has 0 aliphatic carbocycles. The first-order chi connectivity index (χ1) is 9.63. The molecule has 0 N–H and O–H groups in total. The van der Waals surface area contributed by atoms with Crippen LogP contribution in [-0.4, -0.2) is 28.1 Å². The third-order valence-corrected chi connectivity index (χ3v) is 3.73. The van der Waals surface area contributed by atoms with Crippen molar-refractivity contribution in [2.75, 3.05) is 28.1 Å². The minimum Gasteiger partial charge on any atom is -0.496 e. The summed E-state index contributed by atoms with van der Waals surface area (Å²) < 4.78 is 22.1. The zero-order valence-electron chi connectivity index (χ0n) is 11.3. The Morgan fingerprint density at radius 3 is 2.45 bits per heavy atom. The summed E-state index contributed by atoms with van der Waals surface area (Å²) in [5.41, 5.74) is 0. The van der Waals surface area contributed by atoms with E-state index in [-0.39, 0.29) is 6.79 Å². The maximum Gasteiger partial charge on any atom is 0.188 e. The van der Waals surface area contributed by atoms with Crippen LogP contribution in [0.15, 0.2) is 22.7 Å². The lowest BCUT2D eigenvalue weighted by Crippen LogP contribution is -2.01. The van der Waals surface area contributed by atoms with E-state index in [0.717, 1.165) is 15.2 Å². The summed E-state index contributed by atoms with van der Waals surface area (Å²) >= 11 is 9.70. The predicted molar refractivity (Wildman–Crippen MR) is 82.3 cm³/mol. The van der Waals surface area contributed by atoms with Crippen molar-refractivity contribution in [3.63, 3.8) is 0 Å². The summed E-state index contributed by atoms with van der Waals surface area (Å²) in [5, 5.41) is 2.04. The number of ether oxygens (including phenoxy) is 4. The number of fused-ring (bicyclic) bond motifs is 1. The molecule has 20 heavy (non-hydrogen) atoms. The lowest BCUT2D eigenvalue weighted by atomic mass is 10.1. The molecule has 0 saturated carbocycles. The van der Waals surface area contributed by atoms with E-state index in [1.165, 1.54) is 0 Å². The van der Waals surface area contributed by atoms with Crippen molar-refractivity contribution in [2.45, 2.75) is 0 Å². The summed E-state index contributed by atoms with van der Waals surface area (Å²) in [4.78, 5) is 0. The van der Waals surface area contributed by atoms with E-state index in [4.69, 9.17) is 30.5 Å². The van der Waals surface area contributed by atoms with Gasteiger partial charge in [-0.05, 0) is 28.1 Å². The molecule has 0 atom stereocenters. The topological polar surface area (TPSA) is 36.9 Å². The smallest absolute Gasteiger partial charge is 0.188 e. The molecule has 0 saturated heterocycles. The van der Waals surface area contributed by atoms with Gasteiger partial charge in [-0.25, -0.2) is 0 Å². The van der Waals surface area contributed by atoms with Gasteiger partial charge in [0.1, 0.15) is 17.2 Å². The van der Waals surface area contributed by atoms with Gasteiger partial charge >= 0.3 is 0 Å². The van der Waals surface area contributed by atoms with E-state index >= 15 is 0 Å². The van der Waals surface area contributed by atoms with Crippen LogP contribution in [0.1, 0.15) is 0 Å². The van der Waals surface area contributed by atoms with Crippen molar-refractivity contribution in [1.29, 1.82) is 0 Å². The van der Waals surface area contributed by atoms with E-state index in [9.17, 15) is 0 Å². The first kappa shape index (κ1) is 15.2. The zero-order valence-corrected chi connectivity index (χ0v) is 13.7. The Hall–Kier alpha value is -1.17. The van der Waals surface area contributed by atoms with Gasteiger partial charge in [-0.15, -0.1) is 0 Å². The molecule has 6 heteroatoms. The molecule has 4 nitrogen and oxygen atoms in total. The van der Waals surface area contributed by atoms with Gasteiger partial charge in [0.05, 0.1) is 29.1 Å². The lowest BCUT2D eigenvalue weighted by molar-refractivity contribution is 0.0516. The quantitative estimate of drug-likeness (QED) is 0.746. The summed E-state index contributed by atoms with van der Waals surface area (Å²) in [5.74, 6) is 1.79. The number of halogens is 2. The molecule has 0 fully saturated rings. The van der Waals surface area contributed by atoms with Gasteiger partial charge in [0.25, 0.3) is 0 Å². The van der Waals surface area contributed by atoms with Gasteiger partial charge in [-0.3, -0.25) is 0 Å². The molecule has 2 aromatic carbocycles. The fraction of sp³-hybridized carbons (Fsp3) is 0.286. The van der Waals surface area contributed by atoms with Crippen LogP contribution in [0, 0.1) is 0 Å². The van der Waals surface area contributed by atoms with E-state index < -0.39 is 0 Å². The molecular weight excluding hydrogens is 348 g/mol. The van der Waals surface area contributed by atoms with Crippen molar-refractivity contribution in [2.24, 2.45) is 0 Å². The third-order valence-electron chi connectivity index (χ3n) is 2.82. The number of methoxy groups -OCH3 is 3. The number of hydrogen-bond acceptors (Lipinski definition) is 4. The second-order valence-electron chi connectivity index (χ2n) is 3.94. The lowest BCUT2D eigenvalue weighted by Gasteiger charge is -2.16. The molecule has 0 bridgehead atoms. The molecule has 0 radical (unpaired) electrons. The fourth-order valence-electron chi connectivity index (χ4n) is 1.99. The molecule has 0 aliphatic rings. The average Bonchev–Trinajstić information content (AvgIpc) is 2.45. The van der Waals surface area contributed by atoms with Crippen LogP contribution < -0.4 is 14.2 Å². The largest absolute Gasteiger partial charge is 0.496 e. The number of rotatable bonds is 5. The summed E-state index contributed by atoms with van der Waals surface area (Å²) in [6, 6.07) is 5.51. The van der Waals surface area contributed by atoms with Gasteiger partial charge in [0, 0.05) is 18.6 Å². The van der Waals surface area contributed by atoms with Gasteiger partial charge in [-0.1, -0.05) is 11.6 Å². The Morgan fingerprint density at radius 2 is 1.85 bits per heavy atom. The van der Waals surface area contributed by atoms with Crippen molar-refractivity contribution >= 4 is 38.3 Å². The minimum atomic E-state index is 0.121. The van der Waals surface area contributed by atoms with Crippen molar-refractivity contribution < 1.29 is 18.9 Å². The Bertz CT molecular complexity index is 630. The Morgan fingerprint density at radius 1 is 1.10 bits per heavy atom. The van der Waals surface area contributed by atoms with Crippen LogP contribution in [0.2, 0.25) is 5.02 Å². The van der Waals surface area contributed by atoms with Gasteiger partial charge < -0.3 is 18.9 Å². The highest BCUT2D eigenvalue weighted by molar-refractivity contribution is 9.10. The molecule has 0 unspecified atom stereocenters. The monoisotopic (exact) mass is 360 g/mol. The van der Waals surface area contributed by atoms with Crippen molar-refractivity contribution in [3.8, 4) is 17.2 Å². The highest BCUT2D eigenvalue weighted by Crippen LogP contribution is 2.46. The minimum absolute atomic E-state index is 0.121. The molecule has 0 heterocycles. The Balaban J connectivity index is 2.81. The van der Waals surface area contributed by atoms with Crippen LogP contribution in [-0.2, 0) is 4.74 Å². The molecule has 2 aromatic rings. The standard InChI is InChI=1S/C14H14BrClO4/c1-17-7-20-13-9(15)5-4-8-11(18-2)6-10(16)14(19-3)12(8)13/h4-6H,7H2,1-3H3. The predicted octanol–water partition coefficient (Wildman–Crippen LogP) is 4.26. The Labute approximate surface area is 130 Å². The van der Waals surface area contributed by atoms with Crippen molar-refractivity contribution in [3.05, 3.63) is 27.7 Å². The van der Waals surface area contributed by atoms with E-state index in [1.807, 2.05) is 12.1 Å². The first-order valence-electron chi connectivity index (χ1n) is 5.78. The third kappa shape index (κ3) is 2.66. The summed E-state index contributed by atoms with van der Waals surface area (Å²) in [6.07, 6.45) is 0. The number of hydrogen-bond donors (Lipinski definition) is 0. The van der Waals surface area contributed by atoms with E-state index in [2.05, 4.69) is 15.9 Å². The van der Waals surface area contributed by atoms with Crippen LogP contribution in [0.3, 0.4) is 0 Å². The zero-order chi connectivity index (χ0) is 14.7. The van der Waals surface area contributed by atoms with Crippen LogP contribution in [0.4, 0.5) is 0 Å². The summed E-state index contributed by atoms with van der Waals surface area (Å²) in [6.45, 7) is 0.121. The second kappa shape index (κ2) is 6.52. The maximum absolute atomic E-state index is 6.24. The van der Waals surface area contributed by atoms with Crippen LogP contribution in [0.25, 0.3) is 10.8 Å². The van der Waals surface area contributed by atoms with Crippen LogP contribution >= 0.6 is 27.5 Å².